The van der Waals surface area contributed by atoms with E-state index in [-0.39, 0.29) is 12.8 Å². The number of aryl methyl sites for hydroxylation is 2. The molecule has 1 aliphatic rings. The van der Waals surface area contributed by atoms with Crippen molar-refractivity contribution in [3.63, 3.8) is 0 Å². The van der Waals surface area contributed by atoms with Crippen LogP contribution in [0.15, 0.2) is 30.3 Å². The van der Waals surface area contributed by atoms with Crippen LogP contribution >= 0.6 is 0 Å². The van der Waals surface area contributed by atoms with E-state index in [0.717, 1.165) is 16.2 Å². The first-order chi connectivity index (χ1) is 13.3. The molecule has 1 aromatic heterocycles. The van der Waals surface area contributed by atoms with Crippen LogP contribution in [0.3, 0.4) is 0 Å². The Morgan fingerprint density at radius 3 is 2.39 bits per heavy atom. The van der Waals surface area contributed by atoms with Crippen molar-refractivity contribution in [3.05, 3.63) is 41.6 Å². The number of rotatable bonds is 6. The zero-order valence-corrected chi connectivity index (χ0v) is 15.6. The van der Waals surface area contributed by atoms with Gasteiger partial charge < -0.3 is 10.1 Å². The first kappa shape index (κ1) is 19.3. The normalized spacial score (nSPS) is 13.7. The molecule has 2 aromatic rings. The molecule has 1 saturated heterocycles. The number of hydrogen-bond acceptors (Lipinski definition) is 6. The van der Waals surface area contributed by atoms with Gasteiger partial charge in [0.25, 0.3) is 5.91 Å². The van der Waals surface area contributed by atoms with Gasteiger partial charge in [0.2, 0.25) is 11.8 Å². The van der Waals surface area contributed by atoms with Gasteiger partial charge in [-0.25, -0.2) is 4.68 Å². The van der Waals surface area contributed by atoms with Crippen LogP contribution in [0.5, 0.6) is 0 Å². The van der Waals surface area contributed by atoms with E-state index in [9.17, 15) is 19.2 Å². The standard InChI is InChI=1S/C19H20N4O5/c1-12-3-5-14(6-4-12)23-15(9-13(2)21-23)20-16(24)11-28-19(27)10-22-17(25)7-8-18(22)26/h3-6,9H,7-8,10-11H2,1-2H3,(H,20,24). The van der Waals surface area contributed by atoms with Crippen molar-refractivity contribution in [1.29, 1.82) is 0 Å². The van der Waals surface area contributed by atoms with E-state index in [1.165, 1.54) is 0 Å². The molecule has 0 unspecified atom stereocenters. The number of likely N-dealkylation sites (tertiary alicyclic amines) is 1. The average Bonchev–Trinajstić information content (AvgIpc) is 3.17. The van der Waals surface area contributed by atoms with Gasteiger partial charge in [-0.1, -0.05) is 17.7 Å². The van der Waals surface area contributed by atoms with Gasteiger partial charge in [0.15, 0.2) is 6.61 Å². The van der Waals surface area contributed by atoms with Crippen molar-refractivity contribution in [3.8, 4) is 5.69 Å². The van der Waals surface area contributed by atoms with Crippen molar-refractivity contribution in [2.24, 2.45) is 0 Å². The summed E-state index contributed by atoms with van der Waals surface area (Å²) >= 11 is 0. The molecule has 0 saturated carbocycles. The summed E-state index contributed by atoms with van der Waals surface area (Å²) in [6.07, 6.45) is 0.184. The molecule has 1 aromatic carbocycles. The second kappa shape index (κ2) is 8.03. The lowest BCUT2D eigenvalue weighted by molar-refractivity contribution is -0.153. The van der Waals surface area contributed by atoms with Gasteiger partial charge in [0.05, 0.1) is 11.4 Å². The quantitative estimate of drug-likeness (QED) is 0.590. The fraction of sp³-hybridized carbons (Fsp3) is 0.316. The molecule has 3 rings (SSSR count). The molecule has 3 amide bonds. The van der Waals surface area contributed by atoms with Gasteiger partial charge in [-0.2, -0.15) is 5.10 Å². The maximum absolute atomic E-state index is 12.2. The molecule has 1 fully saturated rings. The lowest BCUT2D eigenvalue weighted by Crippen LogP contribution is -2.36. The molecule has 0 radical (unpaired) electrons. The Balaban J connectivity index is 1.58. The zero-order valence-electron chi connectivity index (χ0n) is 15.6. The lowest BCUT2D eigenvalue weighted by Gasteiger charge is -2.13. The molecule has 2 heterocycles. The van der Waals surface area contributed by atoms with Crippen LogP contribution in [-0.2, 0) is 23.9 Å². The van der Waals surface area contributed by atoms with Gasteiger partial charge in [-0.3, -0.25) is 24.1 Å². The second-order valence-electron chi connectivity index (χ2n) is 6.50. The number of ether oxygens (including phenoxy) is 1. The summed E-state index contributed by atoms with van der Waals surface area (Å²) < 4.78 is 6.46. The van der Waals surface area contributed by atoms with Gasteiger partial charge in [0.1, 0.15) is 12.4 Å². The number of anilines is 1. The first-order valence-corrected chi connectivity index (χ1v) is 8.76. The molecule has 1 N–H and O–H groups in total. The molecule has 9 nitrogen and oxygen atoms in total. The molecule has 0 atom stereocenters. The number of nitrogens with one attached hydrogen (secondary N) is 1. The molecule has 146 valence electrons. The first-order valence-electron chi connectivity index (χ1n) is 8.76. The average molecular weight is 384 g/mol. The van der Waals surface area contributed by atoms with Crippen LogP contribution in [0.25, 0.3) is 5.69 Å². The fourth-order valence-corrected chi connectivity index (χ4v) is 2.77. The number of amides is 3. The lowest BCUT2D eigenvalue weighted by atomic mass is 10.2. The highest BCUT2D eigenvalue weighted by molar-refractivity contribution is 6.04. The highest BCUT2D eigenvalue weighted by Crippen LogP contribution is 2.17. The van der Waals surface area contributed by atoms with Crippen LogP contribution in [-0.4, -0.2) is 51.5 Å². The minimum Gasteiger partial charge on any atom is -0.454 e. The number of carbonyl (C=O) groups is 4. The number of nitrogens with zero attached hydrogens (tertiary/aromatic N) is 3. The minimum absolute atomic E-state index is 0.0922. The molecule has 0 bridgehead atoms. The number of benzene rings is 1. The van der Waals surface area contributed by atoms with Crippen LogP contribution in [0, 0.1) is 13.8 Å². The summed E-state index contributed by atoms with van der Waals surface area (Å²) in [5, 5.41) is 7.00. The predicted octanol–water partition coefficient (Wildman–Crippen LogP) is 1.12. The monoisotopic (exact) mass is 384 g/mol. The Hall–Kier alpha value is -3.49. The van der Waals surface area contributed by atoms with Gasteiger partial charge in [-0.05, 0) is 26.0 Å². The van der Waals surface area contributed by atoms with Crippen LogP contribution < -0.4 is 5.32 Å². The minimum atomic E-state index is -0.818. The maximum Gasteiger partial charge on any atom is 0.326 e. The number of imide groups is 1. The van der Waals surface area contributed by atoms with Crippen molar-refractivity contribution < 1.29 is 23.9 Å². The number of carbonyl (C=O) groups excluding carboxylic acids is 4. The van der Waals surface area contributed by atoms with E-state index in [1.54, 1.807) is 17.7 Å². The Labute approximate surface area is 161 Å². The Morgan fingerprint density at radius 2 is 1.75 bits per heavy atom. The summed E-state index contributed by atoms with van der Waals surface area (Å²) in [5.41, 5.74) is 2.58. The molecule has 0 spiro atoms. The zero-order chi connectivity index (χ0) is 20.3. The van der Waals surface area contributed by atoms with Crippen molar-refractivity contribution in [2.45, 2.75) is 26.7 Å². The van der Waals surface area contributed by atoms with E-state index in [0.29, 0.717) is 11.5 Å². The predicted molar refractivity (Wildman–Crippen MR) is 98.6 cm³/mol. The van der Waals surface area contributed by atoms with E-state index < -0.39 is 36.8 Å². The summed E-state index contributed by atoms with van der Waals surface area (Å²) in [6, 6.07) is 9.31. The summed E-state index contributed by atoms with van der Waals surface area (Å²) in [5.74, 6) is -1.76. The van der Waals surface area contributed by atoms with E-state index in [1.807, 2.05) is 31.2 Å². The summed E-state index contributed by atoms with van der Waals surface area (Å²) in [7, 11) is 0. The molecule has 28 heavy (non-hydrogen) atoms. The van der Waals surface area contributed by atoms with E-state index in [2.05, 4.69) is 10.4 Å². The second-order valence-corrected chi connectivity index (χ2v) is 6.50. The Morgan fingerprint density at radius 1 is 1.11 bits per heavy atom. The topological polar surface area (TPSA) is 111 Å². The molecule has 1 aliphatic heterocycles. The molecule has 0 aliphatic carbocycles. The van der Waals surface area contributed by atoms with Crippen LogP contribution in [0.2, 0.25) is 0 Å². The molecule has 9 heteroatoms. The van der Waals surface area contributed by atoms with Crippen LogP contribution in [0.1, 0.15) is 24.1 Å². The van der Waals surface area contributed by atoms with Gasteiger partial charge in [0, 0.05) is 18.9 Å². The largest absolute Gasteiger partial charge is 0.454 e. The third kappa shape index (κ3) is 4.43. The smallest absolute Gasteiger partial charge is 0.326 e. The van der Waals surface area contributed by atoms with Gasteiger partial charge >= 0.3 is 5.97 Å². The van der Waals surface area contributed by atoms with Crippen molar-refractivity contribution in [2.75, 3.05) is 18.5 Å². The highest BCUT2D eigenvalue weighted by Gasteiger charge is 2.31. The van der Waals surface area contributed by atoms with Crippen molar-refractivity contribution in [1.82, 2.24) is 14.7 Å². The Kier molecular flexibility index (Phi) is 5.53. The van der Waals surface area contributed by atoms with Crippen LogP contribution in [0.4, 0.5) is 5.82 Å². The number of esters is 1. The summed E-state index contributed by atoms with van der Waals surface area (Å²) in [6.45, 7) is 2.75. The molecular formula is C19H20N4O5. The summed E-state index contributed by atoms with van der Waals surface area (Å²) in [4.78, 5) is 47.8. The van der Waals surface area contributed by atoms with Crippen molar-refractivity contribution >= 4 is 29.5 Å². The Bertz CT molecular complexity index is 916. The highest BCUT2D eigenvalue weighted by atomic mass is 16.5. The third-order valence-corrected chi connectivity index (χ3v) is 4.18. The maximum atomic E-state index is 12.2. The third-order valence-electron chi connectivity index (χ3n) is 4.18. The van der Waals surface area contributed by atoms with Gasteiger partial charge in [-0.15, -0.1) is 0 Å². The number of hydrogen-bond donors (Lipinski definition) is 1. The number of aromatic nitrogens is 2. The van der Waals surface area contributed by atoms with E-state index in [4.69, 9.17) is 4.74 Å². The van der Waals surface area contributed by atoms with E-state index >= 15 is 0 Å². The molecular weight excluding hydrogens is 364 g/mol. The fourth-order valence-electron chi connectivity index (χ4n) is 2.77. The SMILES string of the molecule is Cc1ccc(-n2nc(C)cc2NC(=O)COC(=O)CN2C(=O)CCC2=O)cc1.